The average molecular weight is 699 g/mol. The van der Waals surface area contributed by atoms with E-state index in [1.54, 1.807) is 0 Å². The van der Waals surface area contributed by atoms with Crippen molar-refractivity contribution in [3.63, 3.8) is 0 Å². The maximum Gasteiger partial charge on any atom is 0.0737 e. The largest absolute Gasteiger partial charge is 0.313 e. The number of rotatable bonds is 20. The van der Waals surface area contributed by atoms with Gasteiger partial charge in [-0.25, -0.2) is 0 Å². The molecule has 4 heteroatoms. The molecule has 0 amide bonds. The Morgan fingerprint density at radius 1 is 0.735 bits per heavy atom. The lowest BCUT2D eigenvalue weighted by Crippen LogP contribution is -2.62. The van der Waals surface area contributed by atoms with Gasteiger partial charge in [0.05, 0.1) is 3.42 Å². The van der Waals surface area contributed by atoms with Crippen molar-refractivity contribution in [1.29, 1.82) is 0 Å². The Kier molecular flexibility index (Phi) is 16.8. The highest BCUT2D eigenvalue weighted by molar-refractivity contribution is 14.1. The Balaban J connectivity index is 3.24. The van der Waals surface area contributed by atoms with Crippen molar-refractivity contribution < 1.29 is 0 Å². The third-order valence-corrected chi connectivity index (χ3v) is 12.9. The first-order chi connectivity index (χ1) is 16.3. The smallest absolute Gasteiger partial charge is 0.0737 e. The van der Waals surface area contributed by atoms with Gasteiger partial charge in [-0.2, -0.15) is 0 Å². The Bertz CT molecular complexity index is 605. The van der Waals surface area contributed by atoms with Crippen molar-refractivity contribution in [2.45, 2.75) is 149 Å². The molecule has 0 saturated heterocycles. The third-order valence-electron chi connectivity index (χ3n) is 8.30. The minimum atomic E-state index is 0.0946. The van der Waals surface area contributed by atoms with Crippen LogP contribution in [0.25, 0.3) is 0 Å². The van der Waals surface area contributed by atoms with Gasteiger partial charge in [-0.1, -0.05) is 168 Å². The first kappa shape index (κ1) is 32.9. The van der Waals surface area contributed by atoms with Gasteiger partial charge in [0.15, 0.2) is 0 Å². The number of alkyl halides is 2. The standard InChI is InChI=1S/C30H56I2N2/c1-7-11-15-17-21-28(33-5,20-13-9-3)26-19-24-30(32,27(31)25-26)29(34-6,22-14-10-4)23-18-16-12-8-2/h19,24-25,27,33-34H,7-18,20-23H2,1-6H3. The lowest BCUT2D eigenvalue weighted by molar-refractivity contribution is 0.247. The van der Waals surface area contributed by atoms with Crippen molar-refractivity contribution >= 4 is 45.2 Å². The molecule has 0 aromatic heterocycles. The van der Waals surface area contributed by atoms with E-state index in [0.29, 0.717) is 3.92 Å². The Morgan fingerprint density at radius 3 is 1.74 bits per heavy atom. The van der Waals surface area contributed by atoms with Crippen LogP contribution in [-0.2, 0) is 0 Å². The molecule has 1 aliphatic rings. The molecule has 0 aromatic carbocycles. The summed E-state index contributed by atoms with van der Waals surface area (Å²) in [6, 6.07) is 0. The zero-order chi connectivity index (χ0) is 25.5. The maximum absolute atomic E-state index is 3.91. The molecule has 2 N–H and O–H groups in total. The van der Waals surface area contributed by atoms with E-state index in [1.807, 2.05) is 0 Å². The molecular formula is C30H56I2N2. The van der Waals surface area contributed by atoms with Crippen molar-refractivity contribution in [3.8, 4) is 0 Å². The molecule has 0 aliphatic heterocycles. The molecule has 0 spiro atoms. The summed E-state index contributed by atoms with van der Waals surface area (Å²) in [4.78, 5) is 0. The summed E-state index contributed by atoms with van der Waals surface area (Å²) in [5.74, 6) is 0. The van der Waals surface area contributed by atoms with E-state index in [-0.39, 0.29) is 14.5 Å². The molecule has 4 unspecified atom stereocenters. The number of hydrogen-bond donors (Lipinski definition) is 2. The lowest BCUT2D eigenvalue weighted by atomic mass is 9.70. The second-order valence-corrected chi connectivity index (χ2v) is 13.7. The molecule has 34 heavy (non-hydrogen) atoms. The van der Waals surface area contributed by atoms with Gasteiger partial charge in [0.1, 0.15) is 0 Å². The van der Waals surface area contributed by atoms with Crippen LogP contribution < -0.4 is 10.6 Å². The molecule has 0 fully saturated rings. The number of allylic oxidation sites excluding steroid dienone is 1. The molecule has 200 valence electrons. The van der Waals surface area contributed by atoms with E-state index in [0.717, 1.165) is 0 Å². The van der Waals surface area contributed by atoms with Crippen LogP contribution in [0.2, 0.25) is 0 Å². The number of unbranched alkanes of at least 4 members (excludes halogenated alkanes) is 8. The van der Waals surface area contributed by atoms with Gasteiger partial charge in [0.2, 0.25) is 0 Å². The first-order valence-corrected chi connectivity index (χ1v) is 16.8. The zero-order valence-electron chi connectivity index (χ0n) is 23.4. The molecule has 0 bridgehead atoms. The monoisotopic (exact) mass is 698 g/mol. The summed E-state index contributed by atoms with van der Waals surface area (Å²) in [6.45, 7) is 9.28. The van der Waals surface area contributed by atoms with Crippen LogP contribution in [0.4, 0.5) is 0 Å². The van der Waals surface area contributed by atoms with Gasteiger partial charge in [-0.3, -0.25) is 0 Å². The van der Waals surface area contributed by atoms with Crippen LogP contribution in [-0.4, -0.2) is 32.5 Å². The fourth-order valence-corrected chi connectivity index (χ4v) is 8.16. The van der Waals surface area contributed by atoms with Crippen molar-refractivity contribution in [3.05, 3.63) is 23.8 Å². The van der Waals surface area contributed by atoms with Gasteiger partial charge in [0.25, 0.3) is 0 Å². The van der Waals surface area contributed by atoms with E-state index < -0.39 is 0 Å². The number of halogens is 2. The third kappa shape index (κ3) is 8.72. The van der Waals surface area contributed by atoms with E-state index in [2.05, 4.69) is 116 Å². The van der Waals surface area contributed by atoms with Crippen LogP contribution in [0.3, 0.4) is 0 Å². The SMILES string of the molecule is CCCCCCC(CCCC)(NC)C1=CC(I)C(I)(C(CCCC)(CCCCCC)NC)C=C1. The van der Waals surface area contributed by atoms with Crippen molar-refractivity contribution in [2.75, 3.05) is 14.1 Å². The summed E-state index contributed by atoms with van der Waals surface area (Å²) >= 11 is 5.59. The van der Waals surface area contributed by atoms with Crippen LogP contribution in [0.1, 0.15) is 130 Å². The Hall–Kier alpha value is 0.860. The molecule has 4 atom stereocenters. The quantitative estimate of drug-likeness (QED) is 0.0752. The van der Waals surface area contributed by atoms with Gasteiger partial charge >= 0.3 is 0 Å². The lowest BCUT2D eigenvalue weighted by Gasteiger charge is -2.51. The molecule has 0 heterocycles. The van der Waals surface area contributed by atoms with Gasteiger partial charge in [-0.05, 0) is 45.4 Å². The summed E-state index contributed by atoms with van der Waals surface area (Å²) in [5.41, 5.74) is 1.81. The maximum atomic E-state index is 3.91. The van der Waals surface area contributed by atoms with Gasteiger partial charge in [-0.15, -0.1) is 0 Å². The second-order valence-electron chi connectivity index (χ2n) is 10.6. The van der Waals surface area contributed by atoms with Gasteiger partial charge in [0, 0.05) is 15.0 Å². The summed E-state index contributed by atoms with van der Waals surface area (Å²) in [6.07, 6.45) is 28.6. The predicted molar refractivity (Wildman–Crippen MR) is 172 cm³/mol. The molecule has 0 saturated carbocycles. The van der Waals surface area contributed by atoms with Gasteiger partial charge < -0.3 is 10.6 Å². The summed E-state index contributed by atoms with van der Waals surface area (Å²) < 4.78 is 0.573. The van der Waals surface area contributed by atoms with Crippen LogP contribution in [0.5, 0.6) is 0 Å². The summed E-state index contributed by atoms with van der Waals surface area (Å²) in [5, 5.41) is 7.75. The highest BCUT2D eigenvalue weighted by Crippen LogP contribution is 2.50. The van der Waals surface area contributed by atoms with Crippen LogP contribution >= 0.6 is 45.2 Å². The minimum absolute atomic E-state index is 0.0946. The fourth-order valence-electron chi connectivity index (χ4n) is 5.80. The number of likely N-dealkylation sites (N-methyl/N-ethyl adjacent to an activating group) is 1. The highest BCUT2D eigenvalue weighted by atomic mass is 127. The molecule has 0 radical (unpaired) electrons. The Labute approximate surface area is 241 Å². The molecule has 2 nitrogen and oxygen atoms in total. The topological polar surface area (TPSA) is 24.1 Å². The Morgan fingerprint density at radius 2 is 1.24 bits per heavy atom. The molecule has 1 aliphatic carbocycles. The van der Waals surface area contributed by atoms with E-state index >= 15 is 0 Å². The molecule has 0 aromatic rings. The predicted octanol–water partition coefficient (Wildman–Crippen LogP) is 9.70. The van der Waals surface area contributed by atoms with Crippen LogP contribution in [0, 0.1) is 0 Å². The van der Waals surface area contributed by atoms with E-state index in [4.69, 9.17) is 0 Å². The highest BCUT2D eigenvalue weighted by Gasteiger charge is 2.51. The van der Waals surface area contributed by atoms with Crippen molar-refractivity contribution in [2.24, 2.45) is 0 Å². The number of hydrogen-bond acceptors (Lipinski definition) is 2. The zero-order valence-corrected chi connectivity index (χ0v) is 27.7. The number of nitrogens with one attached hydrogen (secondary N) is 2. The fraction of sp³-hybridized carbons (Fsp3) is 0.867. The van der Waals surface area contributed by atoms with E-state index in [9.17, 15) is 0 Å². The summed E-state index contributed by atoms with van der Waals surface area (Å²) in [7, 11) is 4.42. The molecular weight excluding hydrogens is 642 g/mol. The first-order valence-electron chi connectivity index (χ1n) is 14.5. The average Bonchev–Trinajstić information content (AvgIpc) is 2.85. The molecule has 1 rings (SSSR count). The normalized spacial score (nSPS) is 24.0. The second kappa shape index (κ2) is 17.4. The minimum Gasteiger partial charge on any atom is -0.313 e. The van der Waals surface area contributed by atoms with E-state index in [1.165, 1.54) is 108 Å². The van der Waals surface area contributed by atoms with Crippen LogP contribution in [0.15, 0.2) is 23.8 Å². The van der Waals surface area contributed by atoms with Crippen molar-refractivity contribution in [1.82, 2.24) is 10.6 Å².